The molecule has 1 aliphatic heterocycles. The number of carbonyl (C=O) groups is 1. The summed E-state index contributed by atoms with van der Waals surface area (Å²) in [5.41, 5.74) is 2.73. The Hall–Kier alpha value is -2.66. The largest absolute Gasteiger partial charge is 0.339 e. The summed E-state index contributed by atoms with van der Waals surface area (Å²) in [6.07, 6.45) is 2.69. The van der Waals surface area contributed by atoms with Crippen LogP contribution in [0.2, 0.25) is 5.02 Å². The number of rotatable bonds is 4. The second-order valence-corrected chi connectivity index (χ2v) is 7.74. The predicted molar refractivity (Wildman–Crippen MR) is 108 cm³/mol. The number of aromatic nitrogens is 2. The molecular weight excluding hydrogens is 374 g/mol. The lowest BCUT2D eigenvalue weighted by molar-refractivity contribution is 0.0668. The number of piperidine rings is 1. The lowest BCUT2D eigenvalue weighted by Crippen LogP contribution is -2.40. The molecule has 0 radical (unpaired) electrons. The van der Waals surface area contributed by atoms with Crippen LogP contribution in [-0.2, 0) is 6.42 Å². The molecule has 1 saturated heterocycles. The monoisotopic (exact) mass is 395 g/mol. The summed E-state index contributed by atoms with van der Waals surface area (Å²) < 4.78 is 5.49. The molecule has 6 heteroatoms. The van der Waals surface area contributed by atoms with Crippen LogP contribution in [0.4, 0.5) is 0 Å². The van der Waals surface area contributed by atoms with Crippen LogP contribution >= 0.6 is 11.6 Å². The SMILES string of the molecule is Cc1ccccc1-c1noc(CC2CCCN(C(=O)c3cccc(Cl)c3)C2)n1. The van der Waals surface area contributed by atoms with Gasteiger partial charge in [-0.2, -0.15) is 4.98 Å². The van der Waals surface area contributed by atoms with Crippen molar-refractivity contribution in [2.45, 2.75) is 26.2 Å². The van der Waals surface area contributed by atoms with Gasteiger partial charge in [-0.25, -0.2) is 0 Å². The zero-order valence-electron chi connectivity index (χ0n) is 15.8. The van der Waals surface area contributed by atoms with E-state index in [4.69, 9.17) is 16.1 Å². The van der Waals surface area contributed by atoms with Gasteiger partial charge in [-0.15, -0.1) is 0 Å². The summed E-state index contributed by atoms with van der Waals surface area (Å²) in [7, 11) is 0. The first-order chi connectivity index (χ1) is 13.6. The Balaban J connectivity index is 1.43. The van der Waals surface area contributed by atoms with Crippen molar-refractivity contribution in [1.82, 2.24) is 15.0 Å². The van der Waals surface area contributed by atoms with Crippen LogP contribution < -0.4 is 0 Å². The van der Waals surface area contributed by atoms with E-state index in [0.717, 1.165) is 30.5 Å². The van der Waals surface area contributed by atoms with Crippen LogP contribution in [0.25, 0.3) is 11.4 Å². The molecule has 0 saturated carbocycles. The zero-order valence-corrected chi connectivity index (χ0v) is 16.5. The third kappa shape index (κ3) is 4.09. The van der Waals surface area contributed by atoms with Gasteiger partial charge in [-0.3, -0.25) is 4.79 Å². The first kappa shape index (κ1) is 18.7. The molecule has 3 aromatic rings. The van der Waals surface area contributed by atoms with E-state index in [-0.39, 0.29) is 5.91 Å². The van der Waals surface area contributed by atoms with E-state index in [1.54, 1.807) is 12.1 Å². The second-order valence-electron chi connectivity index (χ2n) is 7.30. The average Bonchev–Trinajstić information content (AvgIpc) is 3.16. The van der Waals surface area contributed by atoms with Crippen molar-refractivity contribution in [1.29, 1.82) is 0 Å². The van der Waals surface area contributed by atoms with E-state index in [1.807, 2.05) is 48.2 Å². The van der Waals surface area contributed by atoms with E-state index >= 15 is 0 Å². The maximum absolute atomic E-state index is 12.8. The molecule has 1 fully saturated rings. The van der Waals surface area contributed by atoms with Gasteiger partial charge in [-0.1, -0.05) is 47.1 Å². The summed E-state index contributed by atoms with van der Waals surface area (Å²) in [5.74, 6) is 1.58. The fraction of sp³-hybridized carbons (Fsp3) is 0.318. The quantitative estimate of drug-likeness (QED) is 0.637. The van der Waals surface area contributed by atoms with E-state index in [2.05, 4.69) is 10.1 Å². The number of hydrogen-bond donors (Lipinski definition) is 0. The molecule has 1 aliphatic rings. The molecule has 0 bridgehead atoms. The molecule has 1 amide bonds. The molecule has 1 aromatic heterocycles. The molecule has 0 spiro atoms. The summed E-state index contributed by atoms with van der Waals surface area (Å²) in [5, 5.41) is 4.72. The maximum Gasteiger partial charge on any atom is 0.253 e. The highest BCUT2D eigenvalue weighted by Gasteiger charge is 2.26. The molecule has 144 valence electrons. The molecule has 1 atom stereocenters. The number of likely N-dealkylation sites (tertiary alicyclic amines) is 1. The Morgan fingerprint density at radius 2 is 2.11 bits per heavy atom. The number of benzene rings is 2. The van der Waals surface area contributed by atoms with Crippen LogP contribution in [0.5, 0.6) is 0 Å². The van der Waals surface area contributed by atoms with Gasteiger partial charge >= 0.3 is 0 Å². The third-order valence-electron chi connectivity index (χ3n) is 5.20. The summed E-state index contributed by atoms with van der Waals surface area (Å²) in [6.45, 7) is 3.49. The number of hydrogen-bond acceptors (Lipinski definition) is 4. The zero-order chi connectivity index (χ0) is 19.5. The molecule has 1 unspecified atom stereocenters. The van der Waals surface area contributed by atoms with Gasteiger partial charge in [0.1, 0.15) is 0 Å². The van der Waals surface area contributed by atoms with Crippen LogP contribution in [0, 0.1) is 12.8 Å². The summed E-state index contributed by atoms with van der Waals surface area (Å²) in [6, 6.07) is 15.1. The lowest BCUT2D eigenvalue weighted by Gasteiger charge is -2.32. The number of nitrogens with zero attached hydrogens (tertiary/aromatic N) is 3. The highest BCUT2D eigenvalue weighted by molar-refractivity contribution is 6.30. The van der Waals surface area contributed by atoms with Crippen molar-refractivity contribution in [3.05, 3.63) is 70.6 Å². The van der Waals surface area contributed by atoms with Gasteiger partial charge in [0, 0.05) is 35.7 Å². The normalized spacial score (nSPS) is 16.9. The van der Waals surface area contributed by atoms with Gasteiger partial charge in [0.05, 0.1) is 0 Å². The number of carbonyl (C=O) groups excluding carboxylic acids is 1. The topological polar surface area (TPSA) is 59.2 Å². The minimum atomic E-state index is 0.0262. The first-order valence-corrected chi connectivity index (χ1v) is 9.91. The second kappa shape index (κ2) is 8.15. The molecule has 2 heterocycles. The van der Waals surface area contributed by atoms with Crippen molar-refractivity contribution in [2.24, 2.45) is 5.92 Å². The molecule has 0 N–H and O–H groups in total. The van der Waals surface area contributed by atoms with E-state index in [1.165, 1.54) is 0 Å². The highest BCUT2D eigenvalue weighted by atomic mass is 35.5. The highest BCUT2D eigenvalue weighted by Crippen LogP contribution is 2.25. The smallest absolute Gasteiger partial charge is 0.253 e. The van der Waals surface area contributed by atoms with E-state index < -0.39 is 0 Å². The van der Waals surface area contributed by atoms with Crippen molar-refractivity contribution in [3.63, 3.8) is 0 Å². The molecular formula is C22H22ClN3O2. The number of halogens is 1. The fourth-order valence-corrected chi connectivity index (χ4v) is 3.93. The molecule has 4 rings (SSSR count). The average molecular weight is 396 g/mol. The van der Waals surface area contributed by atoms with Crippen LogP contribution in [0.3, 0.4) is 0 Å². The molecule has 0 aliphatic carbocycles. The van der Waals surface area contributed by atoms with Crippen molar-refractivity contribution in [3.8, 4) is 11.4 Å². The molecule has 28 heavy (non-hydrogen) atoms. The Morgan fingerprint density at radius 3 is 2.93 bits per heavy atom. The Kier molecular flexibility index (Phi) is 5.44. The van der Waals surface area contributed by atoms with Crippen LogP contribution in [-0.4, -0.2) is 34.0 Å². The number of aryl methyl sites for hydroxylation is 1. The maximum atomic E-state index is 12.8. The standard InChI is InChI=1S/C22H22ClN3O2/c1-15-6-2-3-10-19(15)21-24-20(28-25-21)12-16-7-5-11-26(14-16)22(27)17-8-4-9-18(23)13-17/h2-4,6,8-10,13,16H,5,7,11-12,14H2,1H3. The summed E-state index contributed by atoms with van der Waals surface area (Å²) in [4.78, 5) is 19.3. The third-order valence-corrected chi connectivity index (χ3v) is 5.43. The first-order valence-electron chi connectivity index (χ1n) is 9.53. The van der Waals surface area contributed by atoms with Crippen molar-refractivity contribution >= 4 is 17.5 Å². The Bertz CT molecular complexity index is 985. The minimum absolute atomic E-state index is 0.0262. The predicted octanol–water partition coefficient (Wildman–Crippen LogP) is 4.79. The van der Waals surface area contributed by atoms with Gasteiger partial charge in [-0.05, 0) is 49.4 Å². The van der Waals surface area contributed by atoms with Gasteiger partial charge < -0.3 is 9.42 Å². The summed E-state index contributed by atoms with van der Waals surface area (Å²) >= 11 is 6.03. The lowest BCUT2D eigenvalue weighted by atomic mass is 9.94. The van der Waals surface area contributed by atoms with Crippen molar-refractivity contribution in [2.75, 3.05) is 13.1 Å². The fourth-order valence-electron chi connectivity index (χ4n) is 3.74. The van der Waals surface area contributed by atoms with Crippen LogP contribution in [0.15, 0.2) is 53.1 Å². The van der Waals surface area contributed by atoms with Crippen LogP contribution in [0.1, 0.15) is 34.7 Å². The molecule has 2 aromatic carbocycles. The van der Waals surface area contributed by atoms with Gasteiger partial charge in [0.25, 0.3) is 5.91 Å². The molecule has 5 nitrogen and oxygen atoms in total. The Labute approximate surface area is 169 Å². The number of amides is 1. The van der Waals surface area contributed by atoms with Gasteiger partial charge in [0.15, 0.2) is 0 Å². The van der Waals surface area contributed by atoms with E-state index in [9.17, 15) is 4.79 Å². The minimum Gasteiger partial charge on any atom is -0.339 e. The van der Waals surface area contributed by atoms with Gasteiger partial charge in [0.2, 0.25) is 11.7 Å². The van der Waals surface area contributed by atoms with E-state index in [0.29, 0.717) is 41.2 Å². The Morgan fingerprint density at radius 1 is 1.25 bits per heavy atom. The van der Waals surface area contributed by atoms with Crippen molar-refractivity contribution < 1.29 is 9.32 Å².